The minimum Gasteiger partial charge on any atom is -0.323 e. The van der Waals surface area contributed by atoms with Crippen LogP contribution in [0.2, 0.25) is 5.02 Å². The summed E-state index contributed by atoms with van der Waals surface area (Å²) in [7, 11) is 1.98. The third-order valence-corrected chi connectivity index (χ3v) is 6.69. The number of hydrogen-bond donors (Lipinski definition) is 0. The van der Waals surface area contributed by atoms with Crippen LogP contribution in [0, 0.1) is 0 Å². The van der Waals surface area contributed by atoms with E-state index in [-0.39, 0.29) is 5.25 Å². The maximum Gasteiger partial charge on any atom is 0.191 e. The number of pyridine rings is 1. The fourth-order valence-corrected chi connectivity index (χ4v) is 4.84. The Bertz CT molecular complexity index is 1360. The first-order valence-electron chi connectivity index (χ1n) is 10.3. The van der Waals surface area contributed by atoms with Crippen molar-refractivity contribution in [2.24, 2.45) is 7.05 Å². The van der Waals surface area contributed by atoms with E-state index >= 15 is 0 Å². The molecule has 0 aliphatic rings. The Labute approximate surface area is 195 Å². The molecule has 0 aliphatic heterocycles. The summed E-state index contributed by atoms with van der Waals surface area (Å²) in [4.78, 5) is 9.14. The number of fused-ring (bicyclic) bond motifs is 1. The number of benzene rings is 2. The van der Waals surface area contributed by atoms with Crippen molar-refractivity contribution in [3.63, 3.8) is 0 Å². The third-order valence-electron chi connectivity index (χ3n) is 5.32. The standard InChI is InChI=1S/C24H21ClN6S/c1-16(32-24-29-28-23(30(24)2)18-9-6-12-26-14-18)22-27-20-13-19(25)10-11-21(20)31(22)15-17-7-4-3-5-8-17/h3-14,16H,15H2,1-2H3/t16-/m0/s1. The number of hydrogen-bond acceptors (Lipinski definition) is 5. The van der Waals surface area contributed by atoms with Crippen molar-refractivity contribution in [3.05, 3.63) is 89.5 Å². The molecule has 1 atom stereocenters. The molecule has 5 aromatic rings. The second-order valence-electron chi connectivity index (χ2n) is 7.54. The maximum atomic E-state index is 6.25. The van der Waals surface area contributed by atoms with Crippen LogP contribution in [0.3, 0.4) is 0 Å². The monoisotopic (exact) mass is 460 g/mol. The first-order valence-corrected chi connectivity index (χ1v) is 11.5. The van der Waals surface area contributed by atoms with Gasteiger partial charge in [0, 0.05) is 36.6 Å². The highest BCUT2D eigenvalue weighted by atomic mass is 35.5. The lowest BCUT2D eigenvalue weighted by Gasteiger charge is -2.14. The summed E-state index contributed by atoms with van der Waals surface area (Å²) in [6.07, 6.45) is 3.55. The Hall–Kier alpha value is -3.16. The van der Waals surface area contributed by atoms with E-state index < -0.39 is 0 Å². The minimum atomic E-state index is 0.0505. The molecule has 0 fully saturated rings. The van der Waals surface area contributed by atoms with Crippen LogP contribution in [0.15, 0.2) is 78.2 Å². The predicted molar refractivity (Wildman–Crippen MR) is 129 cm³/mol. The lowest BCUT2D eigenvalue weighted by molar-refractivity contribution is 0.738. The van der Waals surface area contributed by atoms with Crippen LogP contribution in [0.1, 0.15) is 23.6 Å². The Morgan fingerprint density at radius 1 is 1.03 bits per heavy atom. The van der Waals surface area contributed by atoms with Crippen molar-refractivity contribution < 1.29 is 0 Å². The summed E-state index contributed by atoms with van der Waals surface area (Å²) in [5.41, 5.74) is 4.12. The second kappa shape index (κ2) is 8.76. The molecule has 0 aliphatic carbocycles. The highest BCUT2D eigenvalue weighted by molar-refractivity contribution is 7.99. The summed E-state index contributed by atoms with van der Waals surface area (Å²) < 4.78 is 4.26. The van der Waals surface area contributed by atoms with Gasteiger partial charge in [0.2, 0.25) is 0 Å². The molecular weight excluding hydrogens is 440 g/mol. The zero-order chi connectivity index (χ0) is 22.1. The van der Waals surface area contributed by atoms with E-state index in [4.69, 9.17) is 16.6 Å². The zero-order valence-corrected chi connectivity index (χ0v) is 19.3. The smallest absolute Gasteiger partial charge is 0.191 e. The fourth-order valence-electron chi connectivity index (χ4n) is 3.74. The molecule has 6 nitrogen and oxygen atoms in total. The molecule has 3 heterocycles. The Balaban J connectivity index is 1.50. The highest BCUT2D eigenvalue weighted by Gasteiger charge is 2.21. The first kappa shape index (κ1) is 20.7. The van der Waals surface area contributed by atoms with Gasteiger partial charge in [-0.05, 0) is 42.8 Å². The molecular formula is C24H21ClN6S. The van der Waals surface area contributed by atoms with Gasteiger partial charge in [0.25, 0.3) is 0 Å². The highest BCUT2D eigenvalue weighted by Crippen LogP contribution is 2.36. The topological polar surface area (TPSA) is 61.4 Å². The maximum absolute atomic E-state index is 6.25. The first-order chi connectivity index (χ1) is 15.6. The molecule has 2 aromatic carbocycles. The van der Waals surface area contributed by atoms with Crippen LogP contribution in [0.25, 0.3) is 22.4 Å². The summed E-state index contributed by atoms with van der Waals surface area (Å²) in [5.74, 6) is 1.76. The summed E-state index contributed by atoms with van der Waals surface area (Å²) in [5, 5.41) is 10.4. The summed E-state index contributed by atoms with van der Waals surface area (Å²) in [6.45, 7) is 2.88. The second-order valence-corrected chi connectivity index (χ2v) is 9.29. The van der Waals surface area contributed by atoms with E-state index in [1.165, 1.54) is 5.56 Å². The number of thioether (sulfide) groups is 1. The summed E-state index contributed by atoms with van der Waals surface area (Å²) in [6, 6.07) is 20.2. The number of rotatable bonds is 6. The van der Waals surface area contributed by atoms with Gasteiger partial charge in [-0.1, -0.05) is 53.7 Å². The van der Waals surface area contributed by atoms with Gasteiger partial charge >= 0.3 is 0 Å². The normalized spacial score (nSPS) is 12.3. The van der Waals surface area contributed by atoms with Gasteiger partial charge in [-0.25, -0.2) is 4.98 Å². The van der Waals surface area contributed by atoms with Gasteiger partial charge in [-0.15, -0.1) is 10.2 Å². The van der Waals surface area contributed by atoms with E-state index in [0.717, 1.165) is 39.9 Å². The third kappa shape index (κ3) is 4.01. The van der Waals surface area contributed by atoms with Crippen LogP contribution in [0.4, 0.5) is 0 Å². The molecule has 32 heavy (non-hydrogen) atoms. The Kier molecular flexibility index (Phi) is 5.68. The quantitative estimate of drug-likeness (QED) is 0.300. The molecule has 0 unspecified atom stereocenters. The van der Waals surface area contributed by atoms with Gasteiger partial charge in [0.15, 0.2) is 11.0 Å². The average Bonchev–Trinajstić information content (AvgIpc) is 3.35. The molecule has 0 radical (unpaired) electrons. The molecule has 5 rings (SSSR count). The number of imidazole rings is 1. The lowest BCUT2D eigenvalue weighted by Crippen LogP contribution is -2.07. The van der Waals surface area contributed by atoms with Crippen molar-refractivity contribution in [2.45, 2.75) is 23.9 Å². The molecule has 0 N–H and O–H groups in total. The average molecular weight is 461 g/mol. The van der Waals surface area contributed by atoms with E-state index in [1.807, 2.05) is 48.0 Å². The predicted octanol–water partition coefficient (Wildman–Crippen LogP) is 5.78. The molecule has 3 aromatic heterocycles. The van der Waals surface area contributed by atoms with Gasteiger partial charge < -0.3 is 9.13 Å². The zero-order valence-electron chi connectivity index (χ0n) is 17.7. The Morgan fingerprint density at radius 3 is 2.66 bits per heavy atom. The molecule has 8 heteroatoms. The minimum absolute atomic E-state index is 0.0505. The molecule has 160 valence electrons. The van der Waals surface area contributed by atoms with Gasteiger partial charge in [0.1, 0.15) is 5.82 Å². The molecule has 0 bridgehead atoms. The van der Waals surface area contributed by atoms with Crippen molar-refractivity contribution in [3.8, 4) is 11.4 Å². The summed E-state index contributed by atoms with van der Waals surface area (Å²) >= 11 is 7.89. The van der Waals surface area contributed by atoms with E-state index in [0.29, 0.717) is 5.02 Å². The Morgan fingerprint density at radius 2 is 1.88 bits per heavy atom. The van der Waals surface area contributed by atoms with Crippen LogP contribution >= 0.6 is 23.4 Å². The van der Waals surface area contributed by atoms with Crippen molar-refractivity contribution in [2.75, 3.05) is 0 Å². The van der Waals surface area contributed by atoms with Crippen LogP contribution < -0.4 is 0 Å². The molecule has 0 saturated carbocycles. The largest absolute Gasteiger partial charge is 0.323 e. The molecule has 0 spiro atoms. The van der Waals surface area contributed by atoms with Crippen LogP contribution in [0.5, 0.6) is 0 Å². The molecule has 0 amide bonds. The fraction of sp³-hybridized carbons (Fsp3) is 0.167. The van der Waals surface area contributed by atoms with Crippen LogP contribution in [-0.4, -0.2) is 29.3 Å². The van der Waals surface area contributed by atoms with E-state index in [1.54, 1.807) is 24.2 Å². The van der Waals surface area contributed by atoms with Crippen molar-refractivity contribution >= 4 is 34.4 Å². The van der Waals surface area contributed by atoms with E-state index in [9.17, 15) is 0 Å². The number of aromatic nitrogens is 6. The lowest BCUT2D eigenvalue weighted by atomic mass is 10.2. The van der Waals surface area contributed by atoms with Gasteiger partial charge in [0.05, 0.1) is 16.3 Å². The number of nitrogens with zero attached hydrogens (tertiary/aromatic N) is 6. The van der Waals surface area contributed by atoms with E-state index in [2.05, 4.69) is 50.9 Å². The molecule has 0 saturated heterocycles. The van der Waals surface area contributed by atoms with Gasteiger partial charge in [-0.3, -0.25) is 4.98 Å². The number of halogens is 1. The SMILES string of the molecule is C[C@H](Sc1nnc(-c2cccnc2)n1C)c1nc2cc(Cl)ccc2n1Cc1ccccc1. The van der Waals surface area contributed by atoms with Crippen molar-refractivity contribution in [1.29, 1.82) is 0 Å². The van der Waals surface area contributed by atoms with Crippen LogP contribution in [-0.2, 0) is 13.6 Å². The van der Waals surface area contributed by atoms with Crippen molar-refractivity contribution in [1.82, 2.24) is 29.3 Å². The van der Waals surface area contributed by atoms with Gasteiger partial charge in [-0.2, -0.15) is 0 Å².